The van der Waals surface area contributed by atoms with Crippen LogP contribution in [-0.4, -0.2) is 24.7 Å². The highest BCUT2D eigenvalue weighted by molar-refractivity contribution is 5.39. The Morgan fingerprint density at radius 3 is 2.89 bits per heavy atom. The number of benzene rings is 1. The van der Waals surface area contributed by atoms with Crippen LogP contribution in [0, 0.1) is 16.0 Å². The average Bonchev–Trinajstić information content (AvgIpc) is 3.22. The van der Waals surface area contributed by atoms with E-state index < -0.39 is 0 Å². The second kappa shape index (κ2) is 7.21. The van der Waals surface area contributed by atoms with Crippen molar-refractivity contribution in [2.24, 2.45) is 5.92 Å². The summed E-state index contributed by atoms with van der Waals surface area (Å²) in [4.78, 5) is 10.5. The van der Waals surface area contributed by atoms with Crippen LogP contribution in [0.3, 0.4) is 0 Å². The Kier molecular flexibility index (Phi) is 5.30. The summed E-state index contributed by atoms with van der Waals surface area (Å²) in [7, 11) is 0. The standard InChI is InChI=1S/C14H20N2O3/c17-16(18)14-5-2-1-4-13(14)10-15-8-3-9-19-11-12-6-7-12/h1-2,4-5,12,15H,3,6-11H2. The summed E-state index contributed by atoms with van der Waals surface area (Å²) < 4.78 is 5.52. The summed E-state index contributed by atoms with van der Waals surface area (Å²) in [6, 6.07) is 6.83. The Labute approximate surface area is 113 Å². The van der Waals surface area contributed by atoms with Crippen molar-refractivity contribution in [2.45, 2.75) is 25.8 Å². The zero-order chi connectivity index (χ0) is 13.5. The number of nitro benzene ring substituents is 1. The van der Waals surface area contributed by atoms with Crippen molar-refractivity contribution >= 4 is 5.69 Å². The molecule has 0 saturated heterocycles. The average molecular weight is 264 g/mol. The molecule has 0 radical (unpaired) electrons. The maximum absolute atomic E-state index is 10.8. The Bertz CT molecular complexity index is 419. The minimum atomic E-state index is -0.338. The van der Waals surface area contributed by atoms with E-state index in [2.05, 4.69) is 5.32 Å². The molecule has 19 heavy (non-hydrogen) atoms. The predicted octanol–water partition coefficient (Wildman–Crippen LogP) is 2.50. The Hall–Kier alpha value is -1.46. The van der Waals surface area contributed by atoms with Gasteiger partial charge in [-0.1, -0.05) is 18.2 Å². The third-order valence-corrected chi connectivity index (χ3v) is 3.20. The number of nitrogens with one attached hydrogen (secondary N) is 1. The molecule has 104 valence electrons. The summed E-state index contributed by atoms with van der Waals surface area (Å²) in [5.41, 5.74) is 0.909. The molecular weight excluding hydrogens is 244 g/mol. The van der Waals surface area contributed by atoms with Crippen LogP contribution in [-0.2, 0) is 11.3 Å². The molecule has 5 nitrogen and oxygen atoms in total. The molecule has 0 atom stereocenters. The fourth-order valence-corrected chi connectivity index (χ4v) is 1.90. The summed E-state index contributed by atoms with van der Waals surface area (Å²) >= 11 is 0. The van der Waals surface area contributed by atoms with Gasteiger partial charge in [-0.15, -0.1) is 0 Å². The van der Waals surface area contributed by atoms with E-state index in [0.717, 1.165) is 37.7 Å². The van der Waals surface area contributed by atoms with Gasteiger partial charge in [0.1, 0.15) is 0 Å². The van der Waals surface area contributed by atoms with Crippen molar-refractivity contribution < 1.29 is 9.66 Å². The normalized spacial score (nSPS) is 14.5. The second-order valence-electron chi connectivity index (χ2n) is 4.93. The zero-order valence-electron chi connectivity index (χ0n) is 11.0. The van der Waals surface area contributed by atoms with Gasteiger partial charge in [0, 0.05) is 31.4 Å². The first kappa shape index (κ1) is 14.0. The summed E-state index contributed by atoms with van der Waals surface area (Å²) in [5, 5.41) is 14.0. The van der Waals surface area contributed by atoms with Gasteiger partial charge in [0.05, 0.1) is 4.92 Å². The van der Waals surface area contributed by atoms with Crippen LogP contribution >= 0.6 is 0 Å². The quantitative estimate of drug-likeness (QED) is 0.423. The number of para-hydroxylation sites is 1. The molecule has 0 amide bonds. The molecule has 0 spiro atoms. The summed E-state index contributed by atoms with van der Waals surface area (Å²) in [6.07, 6.45) is 3.57. The van der Waals surface area contributed by atoms with Gasteiger partial charge < -0.3 is 10.1 Å². The van der Waals surface area contributed by atoms with Gasteiger partial charge in [0.15, 0.2) is 0 Å². The number of hydrogen-bond acceptors (Lipinski definition) is 4. The lowest BCUT2D eigenvalue weighted by Crippen LogP contribution is -2.17. The maximum atomic E-state index is 10.8. The lowest BCUT2D eigenvalue weighted by atomic mass is 10.2. The van der Waals surface area contributed by atoms with Crippen molar-refractivity contribution in [2.75, 3.05) is 19.8 Å². The van der Waals surface area contributed by atoms with Gasteiger partial charge in [0.2, 0.25) is 0 Å². The molecular formula is C14H20N2O3. The molecule has 0 bridgehead atoms. The Morgan fingerprint density at radius 2 is 2.16 bits per heavy atom. The molecule has 1 aromatic rings. The number of rotatable bonds is 9. The van der Waals surface area contributed by atoms with Crippen molar-refractivity contribution in [3.63, 3.8) is 0 Å². The van der Waals surface area contributed by atoms with E-state index in [-0.39, 0.29) is 10.6 Å². The maximum Gasteiger partial charge on any atom is 0.273 e. The van der Waals surface area contributed by atoms with Gasteiger partial charge in [-0.05, 0) is 31.7 Å². The van der Waals surface area contributed by atoms with Gasteiger partial charge in [0.25, 0.3) is 5.69 Å². The van der Waals surface area contributed by atoms with Crippen molar-refractivity contribution in [3.8, 4) is 0 Å². The van der Waals surface area contributed by atoms with E-state index in [1.54, 1.807) is 12.1 Å². The number of hydrogen-bond donors (Lipinski definition) is 1. The molecule has 0 aliphatic heterocycles. The van der Waals surface area contributed by atoms with Crippen LogP contribution < -0.4 is 5.32 Å². The fraction of sp³-hybridized carbons (Fsp3) is 0.571. The monoisotopic (exact) mass is 264 g/mol. The molecule has 1 aromatic carbocycles. The largest absolute Gasteiger partial charge is 0.381 e. The molecule has 1 aliphatic rings. The smallest absolute Gasteiger partial charge is 0.273 e. The SMILES string of the molecule is O=[N+]([O-])c1ccccc1CNCCCOCC1CC1. The molecule has 1 aliphatic carbocycles. The van der Waals surface area contributed by atoms with Crippen molar-refractivity contribution in [1.29, 1.82) is 0 Å². The minimum Gasteiger partial charge on any atom is -0.381 e. The van der Waals surface area contributed by atoms with Crippen LogP contribution in [0.5, 0.6) is 0 Å². The zero-order valence-corrected chi connectivity index (χ0v) is 11.0. The van der Waals surface area contributed by atoms with Crippen LogP contribution in [0.4, 0.5) is 5.69 Å². The first-order chi connectivity index (χ1) is 9.27. The van der Waals surface area contributed by atoms with E-state index in [1.165, 1.54) is 18.9 Å². The highest BCUT2D eigenvalue weighted by Gasteiger charge is 2.20. The van der Waals surface area contributed by atoms with E-state index in [4.69, 9.17) is 4.74 Å². The third kappa shape index (κ3) is 4.96. The summed E-state index contributed by atoms with van der Waals surface area (Å²) in [5.74, 6) is 0.805. The van der Waals surface area contributed by atoms with E-state index >= 15 is 0 Å². The van der Waals surface area contributed by atoms with Crippen LogP contribution in [0.15, 0.2) is 24.3 Å². The molecule has 1 N–H and O–H groups in total. The van der Waals surface area contributed by atoms with Crippen LogP contribution in [0.2, 0.25) is 0 Å². The van der Waals surface area contributed by atoms with Gasteiger partial charge in [-0.2, -0.15) is 0 Å². The first-order valence-corrected chi connectivity index (χ1v) is 6.78. The van der Waals surface area contributed by atoms with Gasteiger partial charge in [-0.25, -0.2) is 0 Å². The van der Waals surface area contributed by atoms with Crippen molar-refractivity contribution in [1.82, 2.24) is 5.32 Å². The fourth-order valence-electron chi connectivity index (χ4n) is 1.90. The van der Waals surface area contributed by atoms with Gasteiger partial charge in [-0.3, -0.25) is 10.1 Å². The summed E-state index contributed by atoms with van der Waals surface area (Å²) in [6.45, 7) is 3.00. The molecule has 0 aromatic heterocycles. The number of ether oxygens (including phenoxy) is 1. The van der Waals surface area contributed by atoms with Gasteiger partial charge >= 0.3 is 0 Å². The Morgan fingerprint density at radius 1 is 1.37 bits per heavy atom. The topological polar surface area (TPSA) is 64.4 Å². The Balaban J connectivity index is 1.60. The first-order valence-electron chi connectivity index (χ1n) is 6.78. The third-order valence-electron chi connectivity index (χ3n) is 3.20. The predicted molar refractivity (Wildman–Crippen MR) is 73.0 cm³/mol. The highest BCUT2D eigenvalue weighted by Crippen LogP contribution is 2.28. The van der Waals surface area contributed by atoms with Crippen LogP contribution in [0.25, 0.3) is 0 Å². The minimum absolute atomic E-state index is 0.181. The molecule has 0 unspecified atom stereocenters. The van der Waals surface area contributed by atoms with E-state index in [9.17, 15) is 10.1 Å². The lowest BCUT2D eigenvalue weighted by Gasteiger charge is -2.06. The van der Waals surface area contributed by atoms with Crippen molar-refractivity contribution in [3.05, 3.63) is 39.9 Å². The van der Waals surface area contributed by atoms with E-state index in [1.807, 2.05) is 6.07 Å². The number of nitro groups is 1. The second-order valence-corrected chi connectivity index (χ2v) is 4.93. The molecule has 1 saturated carbocycles. The number of nitrogens with zero attached hydrogens (tertiary/aromatic N) is 1. The molecule has 1 fully saturated rings. The molecule has 0 heterocycles. The molecule has 5 heteroatoms. The lowest BCUT2D eigenvalue weighted by molar-refractivity contribution is -0.385. The van der Waals surface area contributed by atoms with Crippen LogP contribution in [0.1, 0.15) is 24.8 Å². The molecule has 2 rings (SSSR count). The highest BCUT2D eigenvalue weighted by atomic mass is 16.6. The van der Waals surface area contributed by atoms with E-state index in [0.29, 0.717) is 6.54 Å².